The van der Waals surface area contributed by atoms with Crippen LogP contribution in [0.2, 0.25) is 0 Å². The lowest BCUT2D eigenvalue weighted by atomic mass is 10.2. The molecule has 19 heavy (non-hydrogen) atoms. The fourth-order valence-electron chi connectivity index (χ4n) is 1.63. The van der Waals surface area contributed by atoms with Crippen molar-refractivity contribution in [3.8, 4) is 0 Å². The first-order chi connectivity index (χ1) is 9.10. The predicted molar refractivity (Wildman–Crippen MR) is 78.3 cm³/mol. The van der Waals surface area contributed by atoms with Crippen LogP contribution in [0.1, 0.15) is 44.5 Å². The van der Waals surface area contributed by atoms with E-state index in [1.807, 2.05) is 13.8 Å². The summed E-state index contributed by atoms with van der Waals surface area (Å²) in [4.78, 5) is 8.94. The van der Waals surface area contributed by atoms with Gasteiger partial charge in [0.15, 0.2) is 0 Å². The number of aromatic nitrogens is 2. The molecular weight excluding hydrogens is 242 g/mol. The Bertz CT molecular complexity index is 395. The third kappa shape index (κ3) is 4.65. The minimum absolute atomic E-state index is 0.261. The van der Waals surface area contributed by atoms with E-state index in [1.54, 1.807) is 0 Å². The number of nitrogens with zero attached hydrogens (tertiary/aromatic N) is 2. The summed E-state index contributed by atoms with van der Waals surface area (Å²) in [7, 11) is 0. The molecular formula is C13H25N5O. The first-order valence-electron chi connectivity index (χ1n) is 6.76. The summed E-state index contributed by atoms with van der Waals surface area (Å²) >= 11 is 0. The molecule has 0 aliphatic heterocycles. The van der Waals surface area contributed by atoms with E-state index in [0.29, 0.717) is 5.82 Å². The molecule has 0 aliphatic rings. The summed E-state index contributed by atoms with van der Waals surface area (Å²) < 4.78 is 5.30. The molecule has 0 bridgehead atoms. The SMILES string of the molecule is CCOCCCNc1nc(C(C)C)nc(NN)c1C. The highest BCUT2D eigenvalue weighted by molar-refractivity contribution is 5.56. The van der Waals surface area contributed by atoms with Crippen molar-refractivity contribution in [2.75, 3.05) is 30.5 Å². The van der Waals surface area contributed by atoms with Crippen molar-refractivity contribution in [1.82, 2.24) is 9.97 Å². The molecule has 4 N–H and O–H groups in total. The lowest BCUT2D eigenvalue weighted by molar-refractivity contribution is 0.147. The highest BCUT2D eigenvalue weighted by atomic mass is 16.5. The summed E-state index contributed by atoms with van der Waals surface area (Å²) in [6.45, 7) is 10.4. The van der Waals surface area contributed by atoms with Gasteiger partial charge in [-0.05, 0) is 20.3 Å². The molecule has 0 aliphatic carbocycles. The van der Waals surface area contributed by atoms with Crippen molar-refractivity contribution >= 4 is 11.6 Å². The second-order valence-electron chi connectivity index (χ2n) is 4.68. The van der Waals surface area contributed by atoms with Gasteiger partial charge in [-0.2, -0.15) is 0 Å². The van der Waals surface area contributed by atoms with Crippen molar-refractivity contribution in [2.45, 2.75) is 40.0 Å². The van der Waals surface area contributed by atoms with Gasteiger partial charge in [0.25, 0.3) is 0 Å². The van der Waals surface area contributed by atoms with Crippen LogP contribution >= 0.6 is 0 Å². The average molecular weight is 267 g/mol. The number of nitrogen functional groups attached to an aromatic ring is 1. The lowest BCUT2D eigenvalue weighted by Gasteiger charge is -2.15. The second kappa shape index (κ2) is 7.91. The number of rotatable bonds is 8. The monoisotopic (exact) mass is 267 g/mol. The highest BCUT2D eigenvalue weighted by Gasteiger charge is 2.12. The fraction of sp³-hybridized carbons (Fsp3) is 0.692. The Kier molecular flexibility index (Phi) is 6.52. The van der Waals surface area contributed by atoms with E-state index < -0.39 is 0 Å². The Hall–Kier alpha value is -1.40. The fourth-order valence-corrected chi connectivity index (χ4v) is 1.63. The van der Waals surface area contributed by atoms with Gasteiger partial charge in [-0.3, -0.25) is 0 Å². The van der Waals surface area contributed by atoms with Crippen LogP contribution in [0.15, 0.2) is 0 Å². The molecule has 0 radical (unpaired) electrons. The van der Waals surface area contributed by atoms with Gasteiger partial charge in [-0.15, -0.1) is 0 Å². The van der Waals surface area contributed by atoms with Gasteiger partial charge in [-0.1, -0.05) is 13.8 Å². The van der Waals surface area contributed by atoms with Crippen molar-refractivity contribution < 1.29 is 4.74 Å². The molecule has 108 valence electrons. The Morgan fingerprint density at radius 3 is 2.53 bits per heavy atom. The summed E-state index contributed by atoms with van der Waals surface area (Å²) in [5, 5.41) is 3.32. The number of anilines is 2. The number of hydrogen-bond donors (Lipinski definition) is 3. The minimum Gasteiger partial charge on any atom is -0.382 e. The van der Waals surface area contributed by atoms with Crippen LogP contribution < -0.4 is 16.6 Å². The zero-order valence-electron chi connectivity index (χ0n) is 12.3. The number of nitrogens with two attached hydrogens (primary N) is 1. The smallest absolute Gasteiger partial charge is 0.148 e. The molecule has 0 unspecified atom stereocenters. The van der Waals surface area contributed by atoms with Crippen LogP contribution in [-0.2, 0) is 4.74 Å². The van der Waals surface area contributed by atoms with Crippen LogP contribution in [0.25, 0.3) is 0 Å². The van der Waals surface area contributed by atoms with Crippen LogP contribution in [0.5, 0.6) is 0 Å². The molecule has 1 heterocycles. The van der Waals surface area contributed by atoms with Crippen molar-refractivity contribution in [2.24, 2.45) is 5.84 Å². The first kappa shape index (κ1) is 15.7. The highest BCUT2D eigenvalue weighted by Crippen LogP contribution is 2.22. The molecule has 1 aromatic rings. The minimum atomic E-state index is 0.261. The zero-order valence-corrected chi connectivity index (χ0v) is 12.3. The third-order valence-electron chi connectivity index (χ3n) is 2.78. The molecule has 1 aromatic heterocycles. The van der Waals surface area contributed by atoms with Crippen molar-refractivity contribution in [3.05, 3.63) is 11.4 Å². The predicted octanol–water partition coefficient (Wildman–Crippen LogP) is 2.03. The van der Waals surface area contributed by atoms with Gasteiger partial charge < -0.3 is 15.5 Å². The molecule has 0 aromatic carbocycles. The largest absolute Gasteiger partial charge is 0.382 e. The van der Waals surface area contributed by atoms with Crippen molar-refractivity contribution in [3.63, 3.8) is 0 Å². The summed E-state index contributed by atoms with van der Waals surface area (Å²) in [5.74, 6) is 8.05. The van der Waals surface area contributed by atoms with E-state index >= 15 is 0 Å². The van der Waals surface area contributed by atoms with Gasteiger partial charge in [0.05, 0.1) is 0 Å². The van der Waals surface area contributed by atoms with Gasteiger partial charge in [-0.25, -0.2) is 15.8 Å². The first-order valence-corrected chi connectivity index (χ1v) is 6.76. The molecule has 6 nitrogen and oxygen atoms in total. The quantitative estimate of drug-likeness (QED) is 0.380. The molecule has 0 spiro atoms. The van der Waals surface area contributed by atoms with E-state index in [-0.39, 0.29) is 5.92 Å². The maximum Gasteiger partial charge on any atom is 0.148 e. The Labute approximate surface area is 115 Å². The molecule has 0 saturated carbocycles. The Balaban J connectivity index is 2.72. The van der Waals surface area contributed by atoms with E-state index in [9.17, 15) is 0 Å². The Morgan fingerprint density at radius 1 is 1.26 bits per heavy atom. The molecule has 0 atom stereocenters. The van der Waals surface area contributed by atoms with E-state index in [1.165, 1.54) is 0 Å². The normalized spacial score (nSPS) is 10.8. The molecule has 0 saturated heterocycles. The molecule has 0 amide bonds. The van der Waals surface area contributed by atoms with Crippen LogP contribution in [0.3, 0.4) is 0 Å². The van der Waals surface area contributed by atoms with Crippen LogP contribution in [0, 0.1) is 6.92 Å². The maximum absolute atomic E-state index is 5.49. The topological polar surface area (TPSA) is 85.1 Å². The molecule has 1 rings (SSSR count). The number of hydrazine groups is 1. The standard InChI is InChI=1S/C13H25N5O/c1-5-19-8-6-7-15-12-10(4)13(18-14)17-11(16-12)9(2)3/h9H,5-8,14H2,1-4H3,(H2,15,16,17,18). The van der Waals surface area contributed by atoms with Gasteiger partial charge >= 0.3 is 0 Å². The molecule has 6 heteroatoms. The summed E-state index contributed by atoms with van der Waals surface area (Å²) in [6.07, 6.45) is 0.944. The maximum atomic E-state index is 5.49. The van der Waals surface area contributed by atoms with E-state index in [0.717, 1.165) is 43.4 Å². The average Bonchev–Trinajstić information content (AvgIpc) is 2.40. The van der Waals surface area contributed by atoms with Gasteiger partial charge in [0, 0.05) is 31.2 Å². The number of ether oxygens (including phenoxy) is 1. The number of nitrogens with one attached hydrogen (secondary N) is 2. The third-order valence-corrected chi connectivity index (χ3v) is 2.78. The van der Waals surface area contributed by atoms with E-state index in [2.05, 4.69) is 34.6 Å². The lowest BCUT2D eigenvalue weighted by Crippen LogP contribution is -2.16. The zero-order chi connectivity index (χ0) is 14.3. The number of hydrogen-bond acceptors (Lipinski definition) is 6. The van der Waals surface area contributed by atoms with Gasteiger partial charge in [0.1, 0.15) is 17.5 Å². The second-order valence-corrected chi connectivity index (χ2v) is 4.68. The van der Waals surface area contributed by atoms with Crippen LogP contribution in [0.4, 0.5) is 11.6 Å². The molecule has 0 fully saturated rings. The van der Waals surface area contributed by atoms with Crippen molar-refractivity contribution in [1.29, 1.82) is 0 Å². The summed E-state index contributed by atoms with van der Waals surface area (Å²) in [5.41, 5.74) is 3.56. The summed E-state index contributed by atoms with van der Waals surface area (Å²) in [6, 6.07) is 0. The van der Waals surface area contributed by atoms with Crippen LogP contribution in [-0.4, -0.2) is 29.7 Å². The van der Waals surface area contributed by atoms with E-state index in [4.69, 9.17) is 10.6 Å². The van der Waals surface area contributed by atoms with Gasteiger partial charge in [0.2, 0.25) is 0 Å². The Morgan fingerprint density at radius 2 is 1.95 bits per heavy atom.